The molecular formula is C28H35NO7. The van der Waals surface area contributed by atoms with E-state index >= 15 is 0 Å². The first-order valence-electron chi connectivity index (χ1n) is 12.2. The highest BCUT2D eigenvalue weighted by Crippen LogP contribution is 2.42. The average molecular weight is 498 g/mol. The van der Waals surface area contributed by atoms with Crippen molar-refractivity contribution < 1.29 is 34.0 Å². The number of hydrogen-bond acceptors (Lipinski definition) is 7. The maximum absolute atomic E-state index is 13.2. The molecule has 1 amide bonds. The third-order valence-corrected chi connectivity index (χ3v) is 5.92. The van der Waals surface area contributed by atoms with Gasteiger partial charge in [0.25, 0.3) is 11.7 Å². The minimum absolute atomic E-state index is 0.00972. The van der Waals surface area contributed by atoms with Crippen LogP contribution >= 0.6 is 0 Å². The quantitative estimate of drug-likeness (QED) is 0.202. The van der Waals surface area contributed by atoms with Crippen LogP contribution in [-0.4, -0.2) is 60.3 Å². The Bertz CT molecular complexity index is 1140. The minimum atomic E-state index is -0.849. The maximum atomic E-state index is 13.2. The van der Waals surface area contributed by atoms with Crippen LogP contribution in [0.3, 0.4) is 0 Å². The standard InChI is InChI=1S/C28H35NO7/c1-6-35-23-15-19(8-11-22(23)30)25-24(27(32)28(33)29(25)12-7-13-34-5)26(31)21-10-9-20(14-18(21)4)36-16-17(2)3/h8-11,14-15,17,25,30-31H,6-7,12-13,16H2,1-5H3/b26-24+/t25-/m1/s1. The molecule has 1 atom stereocenters. The van der Waals surface area contributed by atoms with Crippen molar-refractivity contribution in [3.05, 3.63) is 58.7 Å². The Kier molecular flexibility index (Phi) is 8.98. The third kappa shape index (κ3) is 5.82. The number of rotatable bonds is 11. The summed E-state index contributed by atoms with van der Waals surface area (Å²) in [7, 11) is 1.57. The lowest BCUT2D eigenvalue weighted by Crippen LogP contribution is -2.31. The molecule has 0 bridgehead atoms. The van der Waals surface area contributed by atoms with Crippen LogP contribution in [0.15, 0.2) is 42.0 Å². The normalized spacial score (nSPS) is 17.2. The van der Waals surface area contributed by atoms with Gasteiger partial charge in [0.2, 0.25) is 0 Å². The molecule has 1 heterocycles. The highest BCUT2D eigenvalue weighted by atomic mass is 16.5. The fourth-order valence-corrected chi connectivity index (χ4v) is 4.21. The SMILES string of the molecule is CCOc1cc([C@@H]2/C(=C(\O)c3ccc(OCC(C)C)cc3C)C(=O)C(=O)N2CCCOC)ccc1O. The fraction of sp³-hybridized carbons (Fsp3) is 0.429. The number of carbonyl (C=O) groups excluding carboxylic acids is 2. The summed E-state index contributed by atoms with van der Waals surface area (Å²) in [4.78, 5) is 27.8. The Morgan fingerprint density at radius 2 is 1.86 bits per heavy atom. The second-order valence-corrected chi connectivity index (χ2v) is 9.18. The van der Waals surface area contributed by atoms with Crippen molar-refractivity contribution >= 4 is 17.4 Å². The first-order chi connectivity index (χ1) is 17.2. The molecule has 1 aliphatic heterocycles. The first-order valence-corrected chi connectivity index (χ1v) is 12.2. The summed E-state index contributed by atoms with van der Waals surface area (Å²) in [5.74, 6) is -0.510. The molecule has 2 aromatic carbocycles. The van der Waals surface area contributed by atoms with E-state index in [1.165, 1.54) is 11.0 Å². The smallest absolute Gasteiger partial charge is 0.295 e. The van der Waals surface area contributed by atoms with Gasteiger partial charge in [0, 0.05) is 25.8 Å². The Hall–Kier alpha value is -3.52. The van der Waals surface area contributed by atoms with Crippen LogP contribution in [0.2, 0.25) is 0 Å². The molecule has 1 fully saturated rings. The van der Waals surface area contributed by atoms with E-state index in [1.807, 2.05) is 6.92 Å². The van der Waals surface area contributed by atoms with Crippen molar-refractivity contribution in [2.24, 2.45) is 5.92 Å². The Morgan fingerprint density at radius 1 is 1.11 bits per heavy atom. The predicted octanol–water partition coefficient (Wildman–Crippen LogP) is 4.59. The number of phenols is 1. The van der Waals surface area contributed by atoms with Crippen LogP contribution in [0.1, 0.15) is 49.9 Å². The number of carbonyl (C=O) groups is 2. The summed E-state index contributed by atoms with van der Waals surface area (Å²) >= 11 is 0. The van der Waals surface area contributed by atoms with Gasteiger partial charge in [0.1, 0.15) is 11.5 Å². The number of aryl methyl sites for hydroxylation is 1. The van der Waals surface area contributed by atoms with Gasteiger partial charge >= 0.3 is 0 Å². The number of hydrogen-bond donors (Lipinski definition) is 2. The number of aromatic hydroxyl groups is 1. The lowest BCUT2D eigenvalue weighted by molar-refractivity contribution is -0.140. The highest BCUT2D eigenvalue weighted by Gasteiger charge is 2.46. The largest absolute Gasteiger partial charge is 0.507 e. The number of amides is 1. The van der Waals surface area contributed by atoms with Gasteiger partial charge in [-0.2, -0.15) is 0 Å². The zero-order chi connectivity index (χ0) is 26.4. The fourth-order valence-electron chi connectivity index (χ4n) is 4.21. The van der Waals surface area contributed by atoms with Gasteiger partial charge in [-0.3, -0.25) is 9.59 Å². The van der Waals surface area contributed by atoms with Crippen molar-refractivity contribution in [1.29, 1.82) is 0 Å². The third-order valence-electron chi connectivity index (χ3n) is 5.92. The summed E-state index contributed by atoms with van der Waals surface area (Å²) in [6, 6.07) is 9.07. The Morgan fingerprint density at radius 3 is 2.50 bits per heavy atom. The van der Waals surface area contributed by atoms with Crippen molar-refractivity contribution in [2.45, 2.75) is 40.2 Å². The number of ketones is 1. The van der Waals surface area contributed by atoms with E-state index in [9.17, 15) is 19.8 Å². The van der Waals surface area contributed by atoms with Gasteiger partial charge in [-0.05, 0) is 67.6 Å². The van der Waals surface area contributed by atoms with E-state index in [4.69, 9.17) is 14.2 Å². The zero-order valence-corrected chi connectivity index (χ0v) is 21.5. The molecule has 3 rings (SSSR count). The van der Waals surface area contributed by atoms with Crippen LogP contribution in [-0.2, 0) is 14.3 Å². The Labute approximate surface area is 212 Å². The van der Waals surface area contributed by atoms with Gasteiger partial charge in [-0.1, -0.05) is 19.9 Å². The number of methoxy groups -OCH3 is 1. The lowest BCUT2D eigenvalue weighted by Gasteiger charge is -2.26. The average Bonchev–Trinajstić information content (AvgIpc) is 3.09. The number of aliphatic hydroxyl groups is 1. The van der Waals surface area contributed by atoms with Crippen molar-refractivity contribution in [2.75, 3.05) is 33.5 Å². The number of nitrogens with zero attached hydrogens (tertiary/aromatic N) is 1. The summed E-state index contributed by atoms with van der Waals surface area (Å²) in [5.41, 5.74) is 1.68. The minimum Gasteiger partial charge on any atom is -0.507 e. The molecule has 1 aliphatic rings. The van der Waals surface area contributed by atoms with E-state index in [2.05, 4.69) is 13.8 Å². The van der Waals surface area contributed by atoms with Crippen LogP contribution in [0, 0.1) is 12.8 Å². The molecule has 8 nitrogen and oxygen atoms in total. The number of phenolic OH excluding ortho intramolecular Hbond substituents is 1. The second-order valence-electron chi connectivity index (χ2n) is 9.18. The van der Waals surface area contributed by atoms with E-state index in [1.54, 1.807) is 44.4 Å². The monoisotopic (exact) mass is 497 g/mol. The van der Waals surface area contributed by atoms with Gasteiger partial charge in [0.15, 0.2) is 11.5 Å². The number of benzene rings is 2. The molecule has 0 spiro atoms. The number of likely N-dealkylation sites (tertiary alicyclic amines) is 1. The van der Waals surface area contributed by atoms with Crippen LogP contribution in [0.4, 0.5) is 0 Å². The van der Waals surface area contributed by atoms with E-state index in [0.717, 1.165) is 0 Å². The first kappa shape index (κ1) is 27.1. The van der Waals surface area contributed by atoms with E-state index in [0.29, 0.717) is 54.6 Å². The summed E-state index contributed by atoms with van der Waals surface area (Å²) in [6.45, 7) is 9.26. The molecule has 0 saturated carbocycles. The molecule has 0 aromatic heterocycles. The number of ether oxygens (including phenoxy) is 3. The Balaban J connectivity index is 2.11. The molecule has 0 unspecified atom stereocenters. The van der Waals surface area contributed by atoms with E-state index < -0.39 is 17.7 Å². The van der Waals surface area contributed by atoms with Crippen LogP contribution in [0.5, 0.6) is 17.2 Å². The van der Waals surface area contributed by atoms with Gasteiger partial charge in [0.05, 0.1) is 24.8 Å². The molecule has 36 heavy (non-hydrogen) atoms. The molecule has 1 saturated heterocycles. The van der Waals surface area contributed by atoms with Crippen molar-refractivity contribution in [3.63, 3.8) is 0 Å². The van der Waals surface area contributed by atoms with E-state index in [-0.39, 0.29) is 29.4 Å². The molecule has 2 N–H and O–H groups in total. The summed E-state index contributed by atoms with van der Waals surface area (Å²) in [6.07, 6.45) is 0.511. The van der Waals surface area contributed by atoms with Gasteiger partial charge in [-0.25, -0.2) is 0 Å². The summed E-state index contributed by atoms with van der Waals surface area (Å²) in [5, 5.41) is 21.6. The topological polar surface area (TPSA) is 106 Å². The van der Waals surface area contributed by atoms with Gasteiger partial charge < -0.3 is 29.3 Å². The van der Waals surface area contributed by atoms with Crippen LogP contribution in [0.25, 0.3) is 5.76 Å². The molecular weight excluding hydrogens is 462 g/mol. The molecule has 8 heteroatoms. The summed E-state index contributed by atoms with van der Waals surface area (Å²) < 4.78 is 16.4. The maximum Gasteiger partial charge on any atom is 0.295 e. The van der Waals surface area contributed by atoms with Crippen molar-refractivity contribution in [1.82, 2.24) is 4.90 Å². The predicted molar refractivity (Wildman–Crippen MR) is 136 cm³/mol. The molecule has 2 aromatic rings. The molecule has 0 aliphatic carbocycles. The molecule has 194 valence electrons. The van der Waals surface area contributed by atoms with Crippen LogP contribution < -0.4 is 9.47 Å². The second kappa shape index (κ2) is 11.9. The highest BCUT2D eigenvalue weighted by molar-refractivity contribution is 6.46. The zero-order valence-electron chi connectivity index (χ0n) is 21.5. The molecule has 0 radical (unpaired) electrons. The van der Waals surface area contributed by atoms with Crippen molar-refractivity contribution in [3.8, 4) is 17.2 Å². The number of aliphatic hydroxyl groups excluding tert-OH is 1. The van der Waals surface area contributed by atoms with Gasteiger partial charge in [-0.15, -0.1) is 0 Å². The lowest BCUT2D eigenvalue weighted by atomic mass is 9.93. The number of Topliss-reactive ketones (excluding diaryl/α,β-unsaturated/α-hetero) is 1.